The molecule has 0 saturated carbocycles. The van der Waals surface area contributed by atoms with Crippen LogP contribution in [0, 0.1) is 0 Å². The molecule has 0 spiro atoms. The topological polar surface area (TPSA) is 18.5 Å². The number of hydrogen-bond acceptors (Lipinski definition) is 2. The average molecular weight is 294 g/mol. The van der Waals surface area contributed by atoms with E-state index >= 15 is 0 Å². The smallest absolute Gasteiger partial charge is 0.159 e. The van der Waals surface area contributed by atoms with E-state index in [9.17, 15) is 0 Å². The summed E-state index contributed by atoms with van der Waals surface area (Å²) in [4.78, 5) is 0. The predicted molar refractivity (Wildman–Crippen MR) is 88.4 cm³/mol. The molecule has 0 aliphatic carbocycles. The van der Waals surface area contributed by atoms with Crippen LogP contribution in [0.1, 0.15) is 42.6 Å². The van der Waals surface area contributed by atoms with Crippen LogP contribution < -0.4 is 0 Å². The highest BCUT2D eigenvalue weighted by molar-refractivity contribution is 5.26. The standard InChI is InChI=1S/C20H22O2/c1-2-3-6-15-18-21-19(16-11-7-4-8-12-16)20(22-18)17-13-9-5-10-14-17/h2,4-5,7-14,18-20H,1,3,6,15H2/t19-,20-/m1/s1. The van der Waals surface area contributed by atoms with Gasteiger partial charge in [-0.2, -0.15) is 0 Å². The molecule has 114 valence electrons. The lowest BCUT2D eigenvalue weighted by Gasteiger charge is -2.17. The van der Waals surface area contributed by atoms with E-state index in [2.05, 4.69) is 30.8 Å². The molecule has 2 atom stereocenters. The SMILES string of the molecule is C=CCCCC1O[C@H](c2ccccc2)[C@@H](c2ccccc2)O1. The summed E-state index contributed by atoms with van der Waals surface area (Å²) in [5.74, 6) is 0. The fourth-order valence-electron chi connectivity index (χ4n) is 2.86. The fraction of sp³-hybridized carbons (Fsp3) is 0.300. The summed E-state index contributed by atoms with van der Waals surface area (Å²) in [6.45, 7) is 3.77. The molecular formula is C20H22O2. The first-order valence-electron chi connectivity index (χ1n) is 7.90. The minimum absolute atomic E-state index is 0.0441. The molecule has 1 saturated heterocycles. The van der Waals surface area contributed by atoms with E-state index in [1.54, 1.807) is 0 Å². The summed E-state index contributed by atoms with van der Waals surface area (Å²) in [5.41, 5.74) is 2.34. The van der Waals surface area contributed by atoms with Crippen molar-refractivity contribution in [3.63, 3.8) is 0 Å². The summed E-state index contributed by atoms with van der Waals surface area (Å²) in [7, 11) is 0. The maximum Gasteiger partial charge on any atom is 0.159 e. The zero-order chi connectivity index (χ0) is 15.2. The molecule has 2 aromatic carbocycles. The Labute approximate surface area is 132 Å². The molecule has 0 unspecified atom stereocenters. The Bertz CT molecular complexity index is 532. The normalized spacial score (nSPS) is 21.8. The summed E-state index contributed by atoms with van der Waals surface area (Å²) < 4.78 is 12.4. The summed E-state index contributed by atoms with van der Waals surface area (Å²) in [5, 5.41) is 0. The number of benzene rings is 2. The highest BCUT2D eigenvalue weighted by Gasteiger charge is 2.37. The molecule has 0 N–H and O–H groups in total. The quantitative estimate of drug-likeness (QED) is 0.538. The molecule has 3 rings (SSSR count). The van der Waals surface area contributed by atoms with Crippen LogP contribution in [0.3, 0.4) is 0 Å². The molecule has 1 aliphatic heterocycles. The van der Waals surface area contributed by atoms with Gasteiger partial charge in [0.05, 0.1) is 0 Å². The van der Waals surface area contributed by atoms with Crippen LogP contribution in [0.5, 0.6) is 0 Å². The third kappa shape index (κ3) is 3.46. The molecule has 0 amide bonds. The van der Waals surface area contributed by atoms with Gasteiger partial charge >= 0.3 is 0 Å². The number of hydrogen-bond donors (Lipinski definition) is 0. The van der Waals surface area contributed by atoms with E-state index in [-0.39, 0.29) is 18.5 Å². The summed E-state index contributed by atoms with van der Waals surface area (Å²) in [6, 6.07) is 20.7. The van der Waals surface area contributed by atoms with E-state index in [1.165, 1.54) is 11.1 Å². The van der Waals surface area contributed by atoms with E-state index < -0.39 is 0 Å². The first-order chi connectivity index (χ1) is 10.9. The van der Waals surface area contributed by atoms with Crippen molar-refractivity contribution in [2.24, 2.45) is 0 Å². The minimum atomic E-state index is -0.143. The van der Waals surface area contributed by atoms with Gasteiger partial charge in [0, 0.05) is 0 Å². The second-order valence-corrected chi connectivity index (χ2v) is 5.58. The second-order valence-electron chi connectivity index (χ2n) is 5.58. The van der Waals surface area contributed by atoms with Crippen molar-refractivity contribution in [2.75, 3.05) is 0 Å². The lowest BCUT2D eigenvalue weighted by molar-refractivity contribution is -0.0720. The van der Waals surface area contributed by atoms with Crippen molar-refractivity contribution in [1.82, 2.24) is 0 Å². The van der Waals surface area contributed by atoms with Gasteiger partial charge in [-0.05, 0) is 30.4 Å². The Kier molecular flexibility index (Phi) is 5.04. The number of ether oxygens (including phenoxy) is 2. The highest BCUT2D eigenvalue weighted by Crippen LogP contribution is 2.43. The third-order valence-corrected chi connectivity index (χ3v) is 3.98. The summed E-state index contributed by atoms with van der Waals surface area (Å²) in [6.07, 6.45) is 4.65. The molecule has 1 aliphatic rings. The van der Waals surface area contributed by atoms with Gasteiger partial charge in [0.25, 0.3) is 0 Å². The van der Waals surface area contributed by atoms with E-state index in [0.717, 1.165) is 19.3 Å². The van der Waals surface area contributed by atoms with Crippen molar-refractivity contribution in [2.45, 2.75) is 37.8 Å². The van der Waals surface area contributed by atoms with Crippen molar-refractivity contribution >= 4 is 0 Å². The lowest BCUT2D eigenvalue weighted by atomic mass is 9.99. The molecule has 2 nitrogen and oxygen atoms in total. The summed E-state index contributed by atoms with van der Waals surface area (Å²) >= 11 is 0. The van der Waals surface area contributed by atoms with Gasteiger partial charge in [-0.15, -0.1) is 6.58 Å². The Balaban J connectivity index is 1.79. The van der Waals surface area contributed by atoms with Crippen molar-refractivity contribution < 1.29 is 9.47 Å². The highest BCUT2D eigenvalue weighted by atomic mass is 16.7. The Morgan fingerprint density at radius 1 is 0.818 bits per heavy atom. The van der Waals surface area contributed by atoms with Gasteiger partial charge in [0.1, 0.15) is 12.2 Å². The Morgan fingerprint density at radius 2 is 1.32 bits per heavy atom. The Morgan fingerprint density at radius 3 is 1.77 bits per heavy atom. The monoisotopic (exact) mass is 294 g/mol. The maximum atomic E-state index is 6.20. The van der Waals surface area contributed by atoms with Gasteiger partial charge in [0.15, 0.2) is 6.29 Å². The van der Waals surface area contributed by atoms with Crippen LogP contribution in [0.2, 0.25) is 0 Å². The van der Waals surface area contributed by atoms with Crippen LogP contribution >= 0.6 is 0 Å². The maximum absolute atomic E-state index is 6.20. The number of unbranched alkanes of at least 4 members (excludes halogenated alkanes) is 1. The molecular weight excluding hydrogens is 272 g/mol. The molecule has 2 heteroatoms. The minimum Gasteiger partial charge on any atom is -0.342 e. The zero-order valence-electron chi connectivity index (χ0n) is 12.7. The predicted octanol–water partition coefficient (Wildman–Crippen LogP) is 5.20. The van der Waals surface area contributed by atoms with Crippen LogP contribution in [0.4, 0.5) is 0 Å². The van der Waals surface area contributed by atoms with Crippen LogP contribution in [-0.2, 0) is 9.47 Å². The largest absolute Gasteiger partial charge is 0.342 e. The van der Waals surface area contributed by atoms with Gasteiger partial charge in [-0.3, -0.25) is 0 Å². The molecule has 0 aromatic heterocycles. The van der Waals surface area contributed by atoms with E-state index in [1.807, 2.05) is 42.5 Å². The third-order valence-electron chi connectivity index (χ3n) is 3.98. The number of allylic oxidation sites excluding steroid dienone is 1. The molecule has 0 bridgehead atoms. The molecule has 1 heterocycles. The van der Waals surface area contributed by atoms with Crippen molar-refractivity contribution in [3.8, 4) is 0 Å². The van der Waals surface area contributed by atoms with Gasteiger partial charge < -0.3 is 9.47 Å². The fourth-order valence-corrected chi connectivity index (χ4v) is 2.86. The van der Waals surface area contributed by atoms with Gasteiger partial charge in [0.2, 0.25) is 0 Å². The molecule has 1 fully saturated rings. The van der Waals surface area contributed by atoms with Crippen molar-refractivity contribution in [3.05, 3.63) is 84.4 Å². The van der Waals surface area contributed by atoms with Crippen LogP contribution in [-0.4, -0.2) is 6.29 Å². The number of rotatable bonds is 6. The first kappa shape index (κ1) is 15.0. The average Bonchev–Trinajstić information content (AvgIpc) is 3.01. The van der Waals surface area contributed by atoms with Gasteiger partial charge in [-0.25, -0.2) is 0 Å². The van der Waals surface area contributed by atoms with Gasteiger partial charge in [-0.1, -0.05) is 66.7 Å². The van der Waals surface area contributed by atoms with Crippen LogP contribution in [0.15, 0.2) is 73.3 Å². The van der Waals surface area contributed by atoms with E-state index in [4.69, 9.17) is 9.47 Å². The molecule has 0 radical (unpaired) electrons. The van der Waals surface area contributed by atoms with Crippen molar-refractivity contribution in [1.29, 1.82) is 0 Å². The van der Waals surface area contributed by atoms with Crippen LogP contribution in [0.25, 0.3) is 0 Å². The molecule has 2 aromatic rings. The van der Waals surface area contributed by atoms with E-state index in [0.29, 0.717) is 0 Å². The lowest BCUT2D eigenvalue weighted by Crippen LogP contribution is -2.07. The Hall–Kier alpha value is -1.90. The molecule has 22 heavy (non-hydrogen) atoms. The zero-order valence-corrected chi connectivity index (χ0v) is 12.7. The first-order valence-corrected chi connectivity index (χ1v) is 7.90. The second kappa shape index (κ2) is 7.39.